The van der Waals surface area contributed by atoms with Crippen LogP contribution in [0.1, 0.15) is 59.8 Å². The van der Waals surface area contributed by atoms with E-state index >= 15 is 0 Å². The zero-order valence-corrected chi connectivity index (χ0v) is 14.5. The van der Waals surface area contributed by atoms with E-state index in [1.807, 2.05) is 20.8 Å². The molecule has 1 aliphatic heterocycles. The van der Waals surface area contributed by atoms with E-state index in [4.69, 9.17) is 4.74 Å². The molecule has 1 heterocycles. The number of nitrogens with zero attached hydrogens (tertiary/aromatic N) is 1. The predicted octanol–water partition coefficient (Wildman–Crippen LogP) is 2.53. The fourth-order valence-electron chi connectivity index (χ4n) is 3.67. The summed E-state index contributed by atoms with van der Waals surface area (Å²) in [6.45, 7) is 9.67. The van der Waals surface area contributed by atoms with Crippen molar-refractivity contribution < 1.29 is 14.6 Å². The van der Waals surface area contributed by atoms with E-state index in [2.05, 4.69) is 17.1 Å². The van der Waals surface area contributed by atoms with Crippen LogP contribution in [-0.2, 0) is 4.74 Å². The molecule has 5 nitrogen and oxygen atoms in total. The summed E-state index contributed by atoms with van der Waals surface area (Å²) < 4.78 is 5.35. The summed E-state index contributed by atoms with van der Waals surface area (Å²) in [5.41, 5.74) is -0.458. The number of piperidine rings is 1. The Kier molecular flexibility index (Phi) is 5.72. The summed E-state index contributed by atoms with van der Waals surface area (Å²) in [5.74, 6) is 0.371. The third-order valence-corrected chi connectivity index (χ3v) is 4.80. The molecular formula is C17H32N2O3. The minimum absolute atomic E-state index is 0.159. The van der Waals surface area contributed by atoms with Gasteiger partial charge in [0.25, 0.3) is 0 Å². The van der Waals surface area contributed by atoms with Crippen molar-refractivity contribution in [2.45, 2.75) is 83.6 Å². The maximum Gasteiger partial charge on any atom is 0.407 e. The van der Waals surface area contributed by atoms with Crippen LogP contribution >= 0.6 is 0 Å². The van der Waals surface area contributed by atoms with Gasteiger partial charge in [0, 0.05) is 25.2 Å². The van der Waals surface area contributed by atoms with Crippen molar-refractivity contribution in [3.63, 3.8) is 0 Å². The smallest absolute Gasteiger partial charge is 0.407 e. The second kappa shape index (κ2) is 7.18. The molecule has 4 atom stereocenters. The highest BCUT2D eigenvalue weighted by Crippen LogP contribution is 2.27. The average Bonchev–Trinajstić information content (AvgIpc) is 2.39. The quantitative estimate of drug-likeness (QED) is 0.822. The Morgan fingerprint density at radius 2 is 1.91 bits per heavy atom. The van der Waals surface area contributed by atoms with Crippen LogP contribution in [-0.4, -0.2) is 53.0 Å². The van der Waals surface area contributed by atoms with E-state index in [0.717, 1.165) is 38.8 Å². The maximum absolute atomic E-state index is 11.9. The number of aliphatic hydroxyl groups excluding tert-OH is 1. The van der Waals surface area contributed by atoms with Gasteiger partial charge in [-0.15, -0.1) is 0 Å². The number of ether oxygens (including phenoxy) is 1. The second-order valence-electron chi connectivity index (χ2n) is 7.93. The SMILES string of the molecule is CC1CN(C2CCCCC2O)CCC1NC(=O)OC(C)(C)C. The molecule has 2 N–H and O–H groups in total. The van der Waals surface area contributed by atoms with Crippen LogP contribution in [0.4, 0.5) is 4.79 Å². The molecule has 1 amide bonds. The van der Waals surface area contributed by atoms with Gasteiger partial charge in [0.05, 0.1) is 6.10 Å². The minimum Gasteiger partial charge on any atom is -0.444 e. The zero-order chi connectivity index (χ0) is 16.3. The molecule has 0 bridgehead atoms. The van der Waals surface area contributed by atoms with Crippen molar-refractivity contribution in [2.75, 3.05) is 13.1 Å². The molecule has 1 saturated heterocycles. The summed E-state index contributed by atoms with van der Waals surface area (Å²) in [5, 5.41) is 13.2. The van der Waals surface area contributed by atoms with E-state index < -0.39 is 5.60 Å². The van der Waals surface area contributed by atoms with Gasteiger partial charge in [0.15, 0.2) is 0 Å². The lowest BCUT2D eigenvalue weighted by atomic mass is 9.87. The molecule has 22 heavy (non-hydrogen) atoms. The molecule has 1 aliphatic carbocycles. The van der Waals surface area contributed by atoms with Crippen LogP contribution in [0, 0.1) is 5.92 Å². The Hall–Kier alpha value is -0.810. The number of rotatable bonds is 2. The van der Waals surface area contributed by atoms with Gasteiger partial charge in [-0.1, -0.05) is 19.8 Å². The molecule has 5 heteroatoms. The Morgan fingerprint density at radius 3 is 2.50 bits per heavy atom. The highest BCUT2D eigenvalue weighted by atomic mass is 16.6. The number of aliphatic hydroxyl groups is 1. The lowest BCUT2D eigenvalue weighted by Gasteiger charge is -2.44. The molecule has 0 radical (unpaired) electrons. The zero-order valence-electron chi connectivity index (χ0n) is 14.5. The molecule has 2 fully saturated rings. The number of nitrogens with one attached hydrogen (secondary N) is 1. The molecule has 0 aromatic carbocycles. The molecule has 2 rings (SSSR count). The van der Waals surface area contributed by atoms with E-state index in [0.29, 0.717) is 12.0 Å². The number of hydrogen-bond donors (Lipinski definition) is 2. The van der Waals surface area contributed by atoms with Crippen molar-refractivity contribution >= 4 is 6.09 Å². The number of hydrogen-bond acceptors (Lipinski definition) is 4. The fraction of sp³-hybridized carbons (Fsp3) is 0.941. The van der Waals surface area contributed by atoms with Gasteiger partial charge in [-0.25, -0.2) is 4.79 Å². The fourth-order valence-corrected chi connectivity index (χ4v) is 3.67. The van der Waals surface area contributed by atoms with Crippen LogP contribution in [0.3, 0.4) is 0 Å². The lowest BCUT2D eigenvalue weighted by molar-refractivity contribution is -0.00661. The maximum atomic E-state index is 11.9. The van der Waals surface area contributed by atoms with Crippen molar-refractivity contribution in [2.24, 2.45) is 5.92 Å². The molecule has 1 saturated carbocycles. The van der Waals surface area contributed by atoms with Crippen molar-refractivity contribution in [3.05, 3.63) is 0 Å². The Balaban J connectivity index is 1.83. The first-order valence-corrected chi connectivity index (χ1v) is 8.68. The predicted molar refractivity (Wildman–Crippen MR) is 86.8 cm³/mol. The van der Waals surface area contributed by atoms with Gasteiger partial charge in [-0.2, -0.15) is 0 Å². The van der Waals surface area contributed by atoms with E-state index in [-0.39, 0.29) is 18.2 Å². The van der Waals surface area contributed by atoms with Gasteiger partial charge in [-0.05, 0) is 46.0 Å². The number of likely N-dealkylation sites (tertiary alicyclic amines) is 1. The van der Waals surface area contributed by atoms with Crippen LogP contribution in [0.25, 0.3) is 0 Å². The van der Waals surface area contributed by atoms with Crippen molar-refractivity contribution in [1.29, 1.82) is 0 Å². The summed E-state index contributed by atoms with van der Waals surface area (Å²) in [4.78, 5) is 14.3. The third kappa shape index (κ3) is 4.85. The summed E-state index contributed by atoms with van der Waals surface area (Å²) in [6, 6.07) is 0.463. The Labute approximate surface area is 134 Å². The van der Waals surface area contributed by atoms with Crippen LogP contribution in [0.5, 0.6) is 0 Å². The number of alkyl carbamates (subject to hydrolysis) is 1. The standard InChI is InChI=1S/C17H32N2O3/c1-12-11-19(14-7-5-6-8-15(14)20)10-9-13(12)18-16(21)22-17(2,3)4/h12-15,20H,5-11H2,1-4H3,(H,18,21). The molecule has 4 unspecified atom stereocenters. The summed E-state index contributed by atoms with van der Waals surface area (Å²) >= 11 is 0. The first kappa shape index (κ1) is 17.5. The molecule has 0 aromatic rings. The molecule has 2 aliphatic rings. The topological polar surface area (TPSA) is 61.8 Å². The molecule has 128 valence electrons. The van der Waals surface area contributed by atoms with Gasteiger partial charge >= 0.3 is 6.09 Å². The highest BCUT2D eigenvalue weighted by Gasteiger charge is 2.35. The van der Waals surface area contributed by atoms with Crippen molar-refractivity contribution in [3.8, 4) is 0 Å². The molecule has 0 aromatic heterocycles. The highest BCUT2D eigenvalue weighted by molar-refractivity contribution is 5.68. The first-order valence-electron chi connectivity index (χ1n) is 8.68. The monoisotopic (exact) mass is 312 g/mol. The molecule has 0 spiro atoms. The summed E-state index contributed by atoms with van der Waals surface area (Å²) in [7, 11) is 0. The Morgan fingerprint density at radius 1 is 1.23 bits per heavy atom. The van der Waals surface area contributed by atoms with Gasteiger partial charge in [-0.3, -0.25) is 4.90 Å². The normalized spacial score (nSPS) is 34.2. The number of carbonyl (C=O) groups excluding carboxylic acids is 1. The Bertz CT molecular complexity index is 381. The van der Waals surface area contributed by atoms with Crippen molar-refractivity contribution in [1.82, 2.24) is 10.2 Å². The van der Waals surface area contributed by atoms with E-state index in [1.54, 1.807) is 0 Å². The second-order valence-corrected chi connectivity index (χ2v) is 7.93. The van der Waals surface area contributed by atoms with Crippen LogP contribution in [0.15, 0.2) is 0 Å². The van der Waals surface area contributed by atoms with Gasteiger partial charge < -0.3 is 15.2 Å². The lowest BCUT2D eigenvalue weighted by Crippen LogP contribution is -2.56. The number of amides is 1. The largest absolute Gasteiger partial charge is 0.444 e. The number of carbonyl (C=O) groups is 1. The third-order valence-electron chi connectivity index (χ3n) is 4.80. The van der Waals surface area contributed by atoms with Gasteiger partial charge in [0.1, 0.15) is 5.60 Å². The minimum atomic E-state index is -0.458. The van der Waals surface area contributed by atoms with E-state index in [1.165, 1.54) is 6.42 Å². The van der Waals surface area contributed by atoms with Crippen LogP contribution < -0.4 is 5.32 Å². The van der Waals surface area contributed by atoms with Gasteiger partial charge in [0.2, 0.25) is 0 Å². The first-order chi connectivity index (χ1) is 10.3. The average molecular weight is 312 g/mol. The van der Waals surface area contributed by atoms with E-state index in [9.17, 15) is 9.90 Å². The van der Waals surface area contributed by atoms with Crippen LogP contribution in [0.2, 0.25) is 0 Å². The molecular weight excluding hydrogens is 280 g/mol. The summed E-state index contributed by atoms with van der Waals surface area (Å²) in [6.07, 6.45) is 4.79.